The van der Waals surface area contributed by atoms with Crippen LogP contribution >= 0.6 is 23.5 Å². The van der Waals surface area contributed by atoms with Crippen LogP contribution in [0, 0.1) is 0 Å². The van der Waals surface area contributed by atoms with Gasteiger partial charge < -0.3 is 0 Å². The molecule has 3 rings (SSSR count). The van der Waals surface area contributed by atoms with Gasteiger partial charge in [-0.25, -0.2) is 0 Å². The number of benzene rings is 1. The maximum absolute atomic E-state index is 11.6. The largest absolute Gasteiger partial charge is 0.253 e. The zero-order valence-corrected chi connectivity index (χ0v) is 10.3. The van der Waals surface area contributed by atoms with E-state index >= 15 is 0 Å². The van der Waals surface area contributed by atoms with Crippen LogP contribution in [0.2, 0.25) is 0 Å². The summed E-state index contributed by atoms with van der Waals surface area (Å²) in [6.07, 6.45) is 0. The first-order valence-electron chi connectivity index (χ1n) is 3.96. The van der Waals surface area contributed by atoms with Crippen LogP contribution < -0.4 is 0 Å². The maximum atomic E-state index is 11.6. The molecule has 0 radical (unpaired) electrons. The summed E-state index contributed by atoms with van der Waals surface area (Å²) in [6.45, 7) is 0. The number of thioether (sulfide) groups is 2. The summed E-state index contributed by atoms with van der Waals surface area (Å²) in [5, 5.41) is 1.30. The van der Waals surface area contributed by atoms with Gasteiger partial charge in [0.2, 0.25) is 0 Å². The normalized spacial score (nSPS) is 28.9. The quantitative estimate of drug-likeness (QED) is 0.716. The molecule has 6 heteroatoms. The number of rotatable bonds is 0. The Bertz CT molecular complexity index is 429. The summed E-state index contributed by atoms with van der Waals surface area (Å²) in [4.78, 5) is 3.97. The molecule has 0 bridgehead atoms. The molecule has 2 heterocycles. The Morgan fingerprint density at radius 2 is 1.43 bits per heavy atom. The molecule has 0 saturated carbocycles. The summed E-state index contributed by atoms with van der Waals surface area (Å²) in [6, 6.07) is 3.91. The molecule has 1 aromatic rings. The Labute approximate surface area is 95.1 Å². The van der Waals surface area contributed by atoms with Crippen molar-refractivity contribution in [2.75, 3.05) is 10.2 Å². The lowest BCUT2D eigenvalue weighted by atomic mass is 10.3. The summed E-state index contributed by atoms with van der Waals surface area (Å²) >= 11 is 3.26. The van der Waals surface area contributed by atoms with Crippen LogP contribution in [-0.4, -0.2) is 18.6 Å². The van der Waals surface area contributed by atoms with Crippen LogP contribution in [0.4, 0.5) is 0 Å². The van der Waals surface area contributed by atoms with Gasteiger partial charge >= 0.3 is 0 Å². The van der Waals surface area contributed by atoms with Gasteiger partial charge in [0.25, 0.3) is 0 Å². The van der Waals surface area contributed by atoms with Gasteiger partial charge in [-0.2, -0.15) is 0 Å². The molecule has 0 aliphatic carbocycles. The van der Waals surface area contributed by atoms with Gasteiger partial charge in [-0.15, -0.1) is 23.5 Å². The lowest BCUT2D eigenvalue weighted by Crippen LogP contribution is -1.91. The van der Waals surface area contributed by atoms with E-state index in [2.05, 4.69) is 0 Å². The van der Waals surface area contributed by atoms with Gasteiger partial charge in [0.1, 0.15) is 0 Å². The van der Waals surface area contributed by atoms with E-state index in [1.165, 1.54) is 0 Å². The zero-order chi connectivity index (χ0) is 9.71. The van der Waals surface area contributed by atoms with E-state index < -0.39 is 21.6 Å². The van der Waals surface area contributed by atoms with Crippen LogP contribution in [0.5, 0.6) is 0 Å². The van der Waals surface area contributed by atoms with E-state index in [1.54, 1.807) is 23.5 Å². The second kappa shape index (κ2) is 3.37. The number of hydrogen-bond acceptors (Lipinski definition) is 4. The number of fused-ring (bicyclic) bond motifs is 2. The lowest BCUT2D eigenvalue weighted by molar-refractivity contribution is 0.683. The molecule has 0 aromatic heterocycles. The third kappa shape index (κ3) is 1.31. The standard InChI is InChI=1S/C8H6O2S4/c9-13-3-11-5-1-6-8(2-7(5)13)14(10)4-12-6/h1-2H,3-4H2. The van der Waals surface area contributed by atoms with Crippen molar-refractivity contribution in [3.63, 3.8) is 0 Å². The average molecular weight is 262 g/mol. The molecule has 2 aliphatic heterocycles. The Kier molecular flexibility index (Phi) is 2.27. The Balaban J connectivity index is 2.25. The monoisotopic (exact) mass is 262 g/mol. The summed E-state index contributed by atoms with van der Waals surface area (Å²) in [5.74, 6) is 0. The minimum atomic E-state index is -0.886. The lowest BCUT2D eigenvalue weighted by Gasteiger charge is -2.00. The highest BCUT2D eigenvalue weighted by atomic mass is 32.2. The molecule has 0 saturated heterocycles. The molecule has 0 fully saturated rings. The van der Waals surface area contributed by atoms with E-state index in [9.17, 15) is 8.42 Å². The van der Waals surface area contributed by atoms with Crippen molar-refractivity contribution in [2.24, 2.45) is 0 Å². The van der Waals surface area contributed by atoms with Gasteiger partial charge in [0.05, 0.1) is 41.6 Å². The van der Waals surface area contributed by atoms with Gasteiger partial charge in [-0.1, -0.05) is 0 Å². The molecule has 0 amide bonds. The second-order valence-corrected chi connectivity index (χ2v) is 8.57. The van der Waals surface area contributed by atoms with E-state index in [0.29, 0.717) is 10.2 Å². The fraction of sp³-hybridized carbons (Fsp3) is 0.250. The van der Waals surface area contributed by atoms with Crippen molar-refractivity contribution in [1.82, 2.24) is 0 Å². The van der Waals surface area contributed by atoms with Crippen molar-refractivity contribution in [3.05, 3.63) is 12.1 Å². The van der Waals surface area contributed by atoms with E-state index in [1.807, 2.05) is 12.1 Å². The zero-order valence-electron chi connectivity index (χ0n) is 7.02. The van der Waals surface area contributed by atoms with Crippen LogP contribution in [0.3, 0.4) is 0 Å². The highest BCUT2D eigenvalue weighted by Gasteiger charge is 2.26. The first-order valence-corrected chi connectivity index (χ1v) is 8.57. The first-order chi connectivity index (χ1) is 6.75. The predicted molar refractivity (Wildman–Crippen MR) is 60.7 cm³/mol. The maximum Gasteiger partial charge on any atom is 0.0787 e. The predicted octanol–water partition coefficient (Wildman–Crippen LogP) is 2.03. The Morgan fingerprint density at radius 3 is 1.93 bits per heavy atom. The molecule has 2 unspecified atom stereocenters. The van der Waals surface area contributed by atoms with Gasteiger partial charge in [0, 0.05) is 9.79 Å². The van der Waals surface area contributed by atoms with Gasteiger partial charge in [-0.05, 0) is 12.1 Å². The molecule has 2 nitrogen and oxygen atoms in total. The third-order valence-corrected chi connectivity index (χ3v) is 8.01. The van der Waals surface area contributed by atoms with Crippen LogP contribution in [0.15, 0.2) is 31.7 Å². The Morgan fingerprint density at radius 1 is 0.929 bits per heavy atom. The van der Waals surface area contributed by atoms with Crippen molar-refractivity contribution < 1.29 is 8.42 Å². The smallest absolute Gasteiger partial charge is 0.0787 e. The highest BCUT2D eigenvalue weighted by molar-refractivity contribution is 8.13. The second-order valence-electron chi connectivity index (χ2n) is 2.96. The SMILES string of the molecule is O=S1CSc2cc3c(cc21)S(=O)CS3. The molecular formula is C8H6O2S4. The Hall–Kier alpha value is 0.220. The molecule has 2 atom stereocenters. The van der Waals surface area contributed by atoms with E-state index in [4.69, 9.17) is 0 Å². The van der Waals surface area contributed by atoms with Crippen molar-refractivity contribution in [1.29, 1.82) is 0 Å². The van der Waals surface area contributed by atoms with Crippen molar-refractivity contribution in [2.45, 2.75) is 19.6 Å². The van der Waals surface area contributed by atoms with Crippen molar-refractivity contribution >= 4 is 45.1 Å². The molecule has 14 heavy (non-hydrogen) atoms. The van der Waals surface area contributed by atoms with Crippen LogP contribution in [0.25, 0.3) is 0 Å². The summed E-state index contributed by atoms with van der Waals surface area (Å²) in [5.41, 5.74) is 0. The molecule has 0 N–H and O–H groups in total. The van der Waals surface area contributed by atoms with Crippen LogP contribution in [0.1, 0.15) is 0 Å². The first kappa shape index (κ1) is 9.45. The topological polar surface area (TPSA) is 34.1 Å². The molecule has 1 aromatic carbocycles. The molecule has 2 aliphatic rings. The highest BCUT2D eigenvalue weighted by Crippen LogP contribution is 2.43. The molecular weight excluding hydrogens is 256 g/mol. The van der Waals surface area contributed by atoms with Crippen molar-refractivity contribution in [3.8, 4) is 0 Å². The minimum absolute atomic E-state index is 0.648. The minimum Gasteiger partial charge on any atom is -0.253 e. The van der Waals surface area contributed by atoms with Crippen LogP contribution in [-0.2, 0) is 21.6 Å². The van der Waals surface area contributed by atoms with Gasteiger partial charge in [0.15, 0.2) is 0 Å². The molecule has 74 valence electrons. The molecule has 0 spiro atoms. The fourth-order valence-corrected chi connectivity index (χ4v) is 7.28. The summed E-state index contributed by atoms with van der Waals surface area (Å²) in [7, 11) is -1.77. The fourth-order valence-electron chi connectivity index (χ4n) is 1.47. The number of hydrogen-bond donors (Lipinski definition) is 0. The van der Waals surface area contributed by atoms with E-state index in [-0.39, 0.29) is 0 Å². The van der Waals surface area contributed by atoms with Gasteiger partial charge in [-0.3, -0.25) is 8.42 Å². The van der Waals surface area contributed by atoms with E-state index in [0.717, 1.165) is 19.6 Å². The summed E-state index contributed by atoms with van der Waals surface area (Å²) < 4.78 is 23.1. The third-order valence-electron chi connectivity index (χ3n) is 2.14. The average Bonchev–Trinajstić information content (AvgIpc) is 2.71.